The molecule has 0 unspecified atom stereocenters. The van der Waals surface area contributed by atoms with Crippen molar-refractivity contribution in [2.45, 2.75) is 13.3 Å². The van der Waals surface area contributed by atoms with Crippen molar-refractivity contribution in [3.8, 4) is 11.8 Å². The third-order valence-electron chi connectivity index (χ3n) is 3.00. The number of aliphatic hydroxyl groups is 1. The maximum absolute atomic E-state index is 12.3. The summed E-state index contributed by atoms with van der Waals surface area (Å²) in [5, 5.41) is 15.9. The van der Waals surface area contributed by atoms with Gasteiger partial charge in [-0.2, -0.15) is 5.10 Å². The Balaban J connectivity index is 2.25. The van der Waals surface area contributed by atoms with Gasteiger partial charge in [-0.25, -0.2) is 0 Å². The Kier molecular flexibility index (Phi) is 4.75. The molecule has 0 aliphatic carbocycles. The van der Waals surface area contributed by atoms with E-state index in [1.54, 1.807) is 29.9 Å². The average molecular weight is 283 g/mol. The van der Waals surface area contributed by atoms with Gasteiger partial charge in [0.2, 0.25) is 0 Å². The van der Waals surface area contributed by atoms with Crippen molar-refractivity contribution < 1.29 is 9.90 Å². The van der Waals surface area contributed by atoms with Crippen LogP contribution >= 0.6 is 0 Å². The SMILES string of the molecule is CCc1cc(C(=O)Nc2ccccc2C#CCO)n(C)n1. The number of aryl methyl sites for hydroxylation is 2. The minimum atomic E-state index is -0.233. The van der Waals surface area contributed by atoms with Crippen LogP contribution in [0.15, 0.2) is 30.3 Å². The van der Waals surface area contributed by atoms with Crippen molar-refractivity contribution in [3.63, 3.8) is 0 Å². The number of hydrogen-bond donors (Lipinski definition) is 2. The van der Waals surface area contributed by atoms with Crippen LogP contribution in [0.25, 0.3) is 0 Å². The van der Waals surface area contributed by atoms with Gasteiger partial charge in [-0.05, 0) is 24.6 Å². The topological polar surface area (TPSA) is 67.2 Å². The first-order valence-corrected chi connectivity index (χ1v) is 6.68. The predicted molar refractivity (Wildman–Crippen MR) is 80.9 cm³/mol. The van der Waals surface area contributed by atoms with Crippen molar-refractivity contribution in [2.24, 2.45) is 7.05 Å². The highest BCUT2D eigenvalue weighted by Gasteiger charge is 2.13. The maximum atomic E-state index is 12.3. The Morgan fingerprint density at radius 2 is 2.19 bits per heavy atom. The number of anilines is 1. The quantitative estimate of drug-likeness (QED) is 0.840. The molecule has 0 fully saturated rings. The molecule has 2 rings (SSSR count). The van der Waals surface area contributed by atoms with Gasteiger partial charge in [0, 0.05) is 12.6 Å². The highest BCUT2D eigenvalue weighted by atomic mass is 16.2. The Hall–Kier alpha value is -2.58. The molecule has 5 heteroatoms. The summed E-state index contributed by atoms with van der Waals surface area (Å²) in [6, 6.07) is 8.99. The number of carbonyl (C=O) groups excluding carboxylic acids is 1. The Labute approximate surface area is 123 Å². The number of rotatable bonds is 3. The zero-order valence-corrected chi connectivity index (χ0v) is 12.1. The van der Waals surface area contributed by atoms with E-state index in [1.807, 2.05) is 19.1 Å². The molecule has 0 saturated carbocycles. The first-order valence-electron chi connectivity index (χ1n) is 6.68. The maximum Gasteiger partial charge on any atom is 0.273 e. The summed E-state index contributed by atoms with van der Waals surface area (Å²) in [6.45, 7) is 1.77. The number of benzene rings is 1. The third kappa shape index (κ3) is 3.50. The summed E-state index contributed by atoms with van der Waals surface area (Å²) in [5.41, 5.74) is 2.65. The largest absolute Gasteiger partial charge is 0.384 e. The minimum absolute atomic E-state index is 0.218. The molecular formula is C16H17N3O2. The van der Waals surface area contributed by atoms with E-state index in [9.17, 15) is 4.79 Å². The molecule has 0 radical (unpaired) electrons. The summed E-state index contributed by atoms with van der Waals surface area (Å²) in [6.07, 6.45) is 0.777. The van der Waals surface area contributed by atoms with Crippen molar-refractivity contribution in [1.82, 2.24) is 9.78 Å². The van der Waals surface area contributed by atoms with Crippen LogP contribution in [0.4, 0.5) is 5.69 Å². The number of carbonyl (C=O) groups is 1. The van der Waals surface area contributed by atoms with Crippen LogP contribution in [0.5, 0.6) is 0 Å². The van der Waals surface area contributed by atoms with Gasteiger partial charge < -0.3 is 10.4 Å². The lowest BCUT2D eigenvalue weighted by Crippen LogP contribution is -2.16. The Bertz CT molecular complexity index is 708. The second-order valence-corrected chi connectivity index (χ2v) is 4.46. The van der Waals surface area contributed by atoms with E-state index >= 15 is 0 Å². The fourth-order valence-corrected chi connectivity index (χ4v) is 1.93. The number of para-hydroxylation sites is 1. The zero-order chi connectivity index (χ0) is 15.2. The van der Waals surface area contributed by atoms with Gasteiger partial charge in [0.1, 0.15) is 12.3 Å². The Morgan fingerprint density at radius 1 is 1.43 bits per heavy atom. The second-order valence-electron chi connectivity index (χ2n) is 4.46. The smallest absolute Gasteiger partial charge is 0.273 e. The predicted octanol–water partition coefficient (Wildman–Crippen LogP) is 1.58. The molecule has 1 heterocycles. The molecule has 21 heavy (non-hydrogen) atoms. The van der Waals surface area contributed by atoms with E-state index in [-0.39, 0.29) is 12.5 Å². The highest BCUT2D eigenvalue weighted by Crippen LogP contribution is 2.15. The fourth-order valence-electron chi connectivity index (χ4n) is 1.93. The number of hydrogen-bond acceptors (Lipinski definition) is 3. The van der Waals surface area contributed by atoms with Crippen molar-refractivity contribution in [3.05, 3.63) is 47.3 Å². The lowest BCUT2D eigenvalue weighted by atomic mass is 10.1. The monoisotopic (exact) mass is 283 g/mol. The van der Waals surface area contributed by atoms with E-state index in [1.165, 1.54) is 0 Å². The molecule has 1 aromatic heterocycles. The standard InChI is InChI=1S/C16H17N3O2/c1-3-13-11-15(19(2)18-13)16(21)17-14-9-5-4-7-12(14)8-6-10-20/h4-5,7,9,11,20H,3,10H2,1-2H3,(H,17,21). The van der Waals surface area contributed by atoms with E-state index in [4.69, 9.17) is 5.11 Å². The van der Waals surface area contributed by atoms with Crippen LogP contribution in [0.3, 0.4) is 0 Å². The number of amides is 1. The average Bonchev–Trinajstić information content (AvgIpc) is 2.87. The molecule has 1 aromatic carbocycles. The third-order valence-corrected chi connectivity index (χ3v) is 3.00. The van der Waals surface area contributed by atoms with Crippen molar-refractivity contribution >= 4 is 11.6 Å². The van der Waals surface area contributed by atoms with Crippen LogP contribution in [-0.4, -0.2) is 27.4 Å². The summed E-state index contributed by atoms with van der Waals surface area (Å²) >= 11 is 0. The Morgan fingerprint density at radius 3 is 2.86 bits per heavy atom. The van der Waals surface area contributed by atoms with Crippen molar-refractivity contribution in [1.29, 1.82) is 0 Å². The van der Waals surface area contributed by atoms with Crippen LogP contribution in [-0.2, 0) is 13.5 Å². The summed E-state index contributed by atoms with van der Waals surface area (Å²) in [4.78, 5) is 12.3. The molecule has 0 spiro atoms. The van der Waals surface area contributed by atoms with Crippen LogP contribution in [0.2, 0.25) is 0 Å². The number of nitrogens with one attached hydrogen (secondary N) is 1. The van der Waals surface area contributed by atoms with Crippen LogP contribution in [0, 0.1) is 11.8 Å². The second kappa shape index (κ2) is 6.73. The first kappa shape index (κ1) is 14.8. The summed E-state index contributed by atoms with van der Waals surface area (Å²) in [5.74, 6) is 5.16. The molecule has 0 aliphatic rings. The molecule has 5 nitrogen and oxygen atoms in total. The summed E-state index contributed by atoms with van der Waals surface area (Å²) in [7, 11) is 1.74. The van der Waals surface area contributed by atoms with E-state index in [0.717, 1.165) is 12.1 Å². The van der Waals surface area contributed by atoms with Gasteiger partial charge in [-0.3, -0.25) is 9.48 Å². The molecule has 0 aliphatic heterocycles. The lowest BCUT2D eigenvalue weighted by Gasteiger charge is -2.07. The van der Waals surface area contributed by atoms with Gasteiger partial charge in [0.25, 0.3) is 5.91 Å². The van der Waals surface area contributed by atoms with Gasteiger partial charge in [0.05, 0.1) is 11.4 Å². The first-order chi connectivity index (χ1) is 10.2. The van der Waals surface area contributed by atoms with Gasteiger partial charge in [-0.15, -0.1) is 0 Å². The molecular weight excluding hydrogens is 266 g/mol. The molecule has 0 atom stereocenters. The van der Waals surface area contributed by atoms with Gasteiger partial charge in [0.15, 0.2) is 0 Å². The normalized spacial score (nSPS) is 9.86. The molecule has 108 valence electrons. The number of nitrogens with zero attached hydrogens (tertiary/aromatic N) is 2. The zero-order valence-electron chi connectivity index (χ0n) is 12.1. The molecule has 0 saturated heterocycles. The van der Waals surface area contributed by atoms with Crippen LogP contribution < -0.4 is 5.32 Å². The molecule has 2 N–H and O–H groups in total. The van der Waals surface area contributed by atoms with E-state index < -0.39 is 0 Å². The molecule has 2 aromatic rings. The fraction of sp³-hybridized carbons (Fsp3) is 0.250. The van der Waals surface area contributed by atoms with Gasteiger partial charge >= 0.3 is 0 Å². The van der Waals surface area contributed by atoms with Crippen LogP contribution in [0.1, 0.15) is 28.7 Å². The molecule has 1 amide bonds. The highest BCUT2D eigenvalue weighted by molar-refractivity contribution is 6.03. The van der Waals surface area contributed by atoms with Crippen molar-refractivity contribution in [2.75, 3.05) is 11.9 Å². The number of aliphatic hydroxyl groups excluding tert-OH is 1. The van der Waals surface area contributed by atoms with Gasteiger partial charge in [-0.1, -0.05) is 30.9 Å². The lowest BCUT2D eigenvalue weighted by molar-refractivity contribution is 0.101. The minimum Gasteiger partial charge on any atom is -0.384 e. The number of aromatic nitrogens is 2. The van der Waals surface area contributed by atoms with E-state index in [2.05, 4.69) is 22.3 Å². The van der Waals surface area contributed by atoms with E-state index in [0.29, 0.717) is 16.9 Å². The molecule has 0 bridgehead atoms. The summed E-state index contributed by atoms with van der Waals surface area (Å²) < 4.78 is 1.57.